The summed E-state index contributed by atoms with van der Waals surface area (Å²) in [5, 5.41) is 6.18. The zero-order valence-corrected chi connectivity index (χ0v) is 26.2. The van der Waals surface area contributed by atoms with E-state index in [4.69, 9.17) is 21.1 Å². The Bertz CT molecular complexity index is 1510. The summed E-state index contributed by atoms with van der Waals surface area (Å²) >= 11 is 6.21. The van der Waals surface area contributed by atoms with Gasteiger partial charge in [-0.3, -0.25) is 9.69 Å². The van der Waals surface area contributed by atoms with Crippen LogP contribution in [0.5, 0.6) is 5.75 Å². The van der Waals surface area contributed by atoms with Crippen LogP contribution in [0, 0.1) is 11.7 Å². The number of nitrogens with zero attached hydrogens (tertiary/aromatic N) is 1. The molecule has 1 heterocycles. The van der Waals surface area contributed by atoms with E-state index in [0.29, 0.717) is 46.8 Å². The highest BCUT2D eigenvalue weighted by atomic mass is 35.5. The third-order valence-electron chi connectivity index (χ3n) is 7.63. The molecule has 0 fully saturated rings. The van der Waals surface area contributed by atoms with Crippen molar-refractivity contribution in [1.29, 1.82) is 0 Å². The predicted octanol–water partition coefficient (Wildman–Crippen LogP) is 7.96. The lowest BCUT2D eigenvalue weighted by Gasteiger charge is -2.36. The fourth-order valence-corrected chi connectivity index (χ4v) is 5.17. The molecule has 0 aliphatic carbocycles. The maximum Gasteiger partial charge on any atom is 0.322 e. The molecule has 0 aromatic heterocycles. The number of hydrogen-bond donors (Lipinski definition) is 2. The van der Waals surface area contributed by atoms with E-state index in [1.165, 1.54) is 18.1 Å². The molecule has 7 nitrogen and oxygen atoms in total. The minimum Gasteiger partial charge on any atom is -0.495 e. The lowest BCUT2D eigenvalue weighted by molar-refractivity contribution is -0.113. The van der Waals surface area contributed by atoms with Gasteiger partial charge in [0.05, 0.1) is 36.6 Å². The molecule has 1 unspecified atom stereocenters. The molecule has 0 radical (unpaired) electrons. The Kier molecular flexibility index (Phi) is 10.1. The van der Waals surface area contributed by atoms with E-state index in [-0.39, 0.29) is 11.1 Å². The van der Waals surface area contributed by atoms with Gasteiger partial charge in [-0.2, -0.15) is 0 Å². The molecule has 1 aliphatic heterocycles. The summed E-state index contributed by atoms with van der Waals surface area (Å²) in [7, 11) is 1.49. The SMILES string of the molecule is COc1ccc(Cl)cc1NC(=O)C1=C(C)N(CCC(C)C)C(=O)NC1c1cc(C(C)(C)OCc2ccccc2)ccc1F. The molecule has 0 saturated carbocycles. The Morgan fingerprint density at radius 3 is 2.51 bits per heavy atom. The summed E-state index contributed by atoms with van der Waals surface area (Å²) in [6, 6.07) is 17.9. The number of nitrogens with one attached hydrogen (secondary N) is 2. The van der Waals surface area contributed by atoms with Crippen molar-refractivity contribution in [3.05, 3.63) is 106 Å². The maximum absolute atomic E-state index is 15.6. The quantitative estimate of drug-likeness (QED) is 0.232. The van der Waals surface area contributed by atoms with Gasteiger partial charge in [0.2, 0.25) is 0 Å². The number of rotatable bonds is 11. The number of urea groups is 1. The molecule has 3 aromatic carbocycles. The molecule has 2 N–H and O–H groups in total. The standard InChI is InChI=1S/C34H39ClFN3O4/c1-21(2)16-17-39-22(3)30(32(40)37-28-19-25(35)13-15-29(28)42-6)31(38-33(39)41)26-18-24(12-14-27(26)36)34(4,5)43-20-23-10-8-7-9-11-23/h7-15,18-19,21,31H,16-17,20H2,1-6H3,(H,37,40)(H,38,41). The Hall–Kier alpha value is -3.88. The van der Waals surface area contributed by atoms with Crippen LogP contribution in [0.3, 0.4) is 0 Å². The van der Waals surface area contributed by atoms with Crippen molar-refractivity contribution in [2.45, 2.75) is 59.3 Å². The third kappa shape index (κ3) is 7.56. The van der Waals surface area contributed by atoms with E-state index in [1.807, 2.05) is 44.2 Å². The van der Waals surface area contributed by atoms with Gasteiger partial charge in [-0.05, 0) is 74.6 Å². The second-order valence-electron chi connectivity index (χ2n) is 11.5. The molecular formula is C34H39ClFN3O4. The monoisotopic (exact) mass is 607 g/mol. The summed E-state index contributed by atoms with van der Waals surface area (Å²) in [5.74, 6) is -0.322. The number of allylic oxidation sites excluding steroid dienone is 1. The smallest absolute Gasteiger partial charge is 0.322 e. The molecule has 0 bridgehead atoms. The van der Waals surface area contributed by atoms with Gasteiger partial charge >= 0.3 is 6.03 Å². The molecule has 3 amide bonds. The number of carbonyl (C=O) groups is 2. The van der Waals surface area contributed by atoms with Crippen molar-refractivity contribution >= 4 is 29.2 Å². The van der Waals surface area contributed by atoms with Crippen LogP contribution in [-0.4, -0.2) is 30.5 Å². The number of ether oxygens (including phenoxy) is 2. The Labute approximate surface area is 258 Å². The number of amides is 3. The molecule has 1 aliphatic rings. The first kappa shape index (κ1) is 32.0. The van der Waals surface area contributed by atoms with Gasteiger partial charge in [-0.25, -0.2) is 9.18 Å². The first-order valence-electron chi connectivity index (χ1n) is 14.3. The van der Waals surface area contributed by atoms with Crippen molar-refractivity contribution < 1.29 is 23.5 Å². The molecule has 9 heteroatoms. The minimum atomic E-state index is -1.06. The lowest BCUT2D eigenvalue weighted by Crippen LogP contribution is -2.49. The van der Waals surface area contributed by atoms with Crippen molar-refractivity contribution in [3.63, 3.8) is 0 Å². The van der Waals surface area contributed by atoms with E-state index >= 15 is 4.39 Å². The highest BCUT2D eigenvalue weighted by Gasteiger charge is 2.38. The van der Waals surface area contributed by atoms with Gasteiger partial charge in [-0.15, -0.1) is 0 Å². The third-order valence-corrected chi connectivity index (χ3v) is 7.86. The number of hydrogen-bond acceptors (Lipinski definition) is 4. The maximum atomic E-state index is 15.6. The summed E-state index contributed by atoms with van der Waals surface area (Å²) in [6.07, 6.45) is 0.725. The van der Waals surface area contributed by atoms with Crippen LogP contribution in [0.1, 0.15) is 63.8 Å². The van der Waals surface area contributed by atoms with Crippen molar-refractivity contribution in [1.82, 2.24) is 10.2 Å². The molecule has 43 heavy (non-hydrogen) atoms. The first-order valence-corrected chi connectivity index (χ1v) is 14.7. The number of carbonyl (C=O) groups excluding carboxylic acids is 2. The van der Waals surface area contributed by atoms with Gasteiger partial charge in [0, 0.05) is 22.8 Å². The van der Waals surface area contributed by atoms with Crippen LogP contribution < -0.4 is 15.4 Å². The van der Waals surface area contributed by atoms with Crippen LogP contribution in [0.2, 0.25) is 5.02 Å². The van der Waals surface area contributed by atoms with Gasteiger partial charge < -0.3 is 20.1 Å². The van der Waals surface area contributed by atoms with Crippen LogP contribution in [0.25, 0.3) is 0 Å². The van der Waals surface area contributed by atoms with Crippen molar-refractivity contribution in [2.75, 3.05) is 19.0 Å². The molecule has 0 saturated heterocycles. The highest BCUT2D eigenvalue weighted by Crippen LogP contribution is 2.37. The highest BCUT2D eigenvalue weighted by molar-refractivity contribution is 6.31. The van der Waals surface area contributed by atoms with Crippen molar-refractivity contribution in [3.8, 4) is 5.75 Å². The van der Waals surface area contributed by atoms with Gasteiger partial charge in [0.15, 0.2) is 0 Å². The Morgan fingerprint density at radius 2 is 1.84 bits per heavy atom. The topological polar surface area (TPSA) is 79.9 Å². The van der Waals surface area contributed by atoms with E-state index in [1.54, 1.807) is 37.3 Å². The van der Waals surface area contributed by atoms with Crippen LogP contribution >= 0.6 is 11.6 Å². The number of benzene rings is 3. The first-order chi connectivity index (χ1) is 20.4. The molecule has 4 rings (SSSR count). The number of methoxy groups -OCH3 is 1. The molecular weight excluding hydrogens is 569 g/mol. The van der Waals surface area contributed by atoms with Crippen LogP contribution in [-0.2, 0) is 21.7 Å². The Morgan fingerprint density at radius 1 is 1.12 bits per heavy atom. The molecule has 228 valence electrons. The molecule has 1 atom stereocenters. The number of anilines is 1. The summed E-state index contributed by atoms with van der Waals surface area (Å²) in [6.45, 7) is 10.4. The fourth-order valence-electron chi connectivity index (χ4n) is 4.99. The van der Waals surface area contributed by atoms with Crippen LogP contribution in [0.15, 0.2) is 78.0 Å². The normalized spacial score (nSPS) is 15.5. The molecule has 0 spiro atoms. The lowest BCUT2D eigenvalue weighted by atomic mass is 9.89. The minimum absolute atomic E-state index is 0.160. The van der Waals surface area contributed by atoms with Crippen LogP contribution in [0.4, 0.5) is 14.9 Å². The Balaban J connectivity index is 1.74. The summed E-state index contributed by atoms with van der Waals surface area (Å²) in [4.78, 5) is 28.9. The predicted molar refractivity (Wildman–Crippen MR) is 167 cm³/mol. The van der Waals surface area contributed by atoms with Gasteiger partial charge in [0.1, 0.15) is 11.6 Å². The second kappa shape index (κ2) is 13.6. The zero-order chi connectivity index (χ0) is 31.3. The summed E-state index contributed by atoms with van der Waals surface area (Å²) < 4.78 is 27.3. The fraction of sp³-hybridized carbons (Fsp3) is 0.353. The average molecular weight is 608 g/mol. The van der Waals surface area contributed by atoms with E-state index in [9.17, 15) is 9.59 Å². The average Bonchev–Trinajstić information content (AvgIpc) is 2.96. The zero-order valence-electron chi connectivity index (χ0n) is 25.5. The summed E-state index contributed by atoms with van der Waals surface area (Å²) in [5.41, 5.74) is 2.08. The second-order valence-corrected chi connectivity index (χ2v) is 12.0. The van der Waals surface area contributed by atoms with E-state index in [0.717, 1.165) is 12.0 Å². The molecule has 3 aromatic rings. The van der Waals surface area contributed by atoms with E-state index in [2.05, 4.69) is 24.5 Å². The number of halogens is 2. The largest absolute Gasteiger partial charge is 0.495 e. The van der Waals surface area contributed by atoms with Gasteiger partial charge in [-0.1, -0.05) is 61.8 Å². The van der Waals surface area contributed by atoms with Crippen molar-refractivity contribution in [2.24, 2.45) is 5.92 Å². The van der Waals surface area contributed by atoms with E-state index < -0.39 is 29.4 Å². The van der Waals surface area contributed by atoms with Gasteiger partial charge in [0.25, 0.3) is 5.91 Å².